The molecule has 0 aliphatic heterocycles. The van der Waals surface area contributed by atoms with Gasteiger partial charge in [-0.15, -0.1) is 0 Å². The first kappa shape index (κ1) is 13.4. The van der Waals surface area contributed by atoms with Gasteiger partial charge in [0.05, 0.1) is 4.92 Å². The number of benzene rings is 1. The minimum Gasteiger partial charge on any atom is -0.384 e. The van der Waals surface area contributed by atoms with E-state index in [2.05, 4.69) is 0 Å². The molecule has 1 aliphatic carbocycles. The highest BCUT2D eigenvalue weighted by atomic mass is 19.1. The summed E-state index contributed by atoms with van der Waals surface area (Å²) in [5.74, 6) is -1.19. The number of aliphatic hydroxyl groups is 1. The van der Waals surface area contributed by atoms with Gasteiger partial charge in [-0.3, -0.25) is 14.9 Å². The highest BCUT2D eigenvalue weighted by Crippen LogP contribution is 2.29. The van der Waals surface area contributed by atoms with Crippen molar-refractivity contribution in [3.8, 4) is 0 Å². The number of nitro groups is 1. The minimum atomic E-state index is -1.23. The standard InChI is InChI=1S/C13H12FNO4/c14-10-7-8(5-6-11(10)15(18)19)13(17)9-3-1-2-4-12(9)16/h3,5-7,13,17H,1-2,4H2. The molecule has 0 spiro atoms. The quantitative estimate of drug-likeness (QED) is 0.672. The second-order valence-corrected chi connectivity index (χ2v) is 4.35. The Kier molecular flexibility index (Phi) is 3.71. The number of hydrogen-bond donors (Lipinski definition) is 1. The van der Waals surface area contributed by atoms with E-state index in [9.17, 15) is 24.4 Å². The summed E-state index contributed by atoms with van der Waals surface area (Å²) >= 11 is 0. The molecular weight excluding hydrogens is 253 g/mol. The monoisotopic (exact) mass is 265 g/mol. The van der Waals surface area contributed by atoms with Crippen LogP contribution in [0.2, 0.25) is 0 Å². The maximum absolute atomic E-state index is 13.5. The zero-order valence-electron chi connectivity index (χ0n) is 10.0. The van der Waals surface area contributed by atoms with Crippen LogP contribution in [-0.2, 0) is 4.79 Å². The Labute approximate surface area is 108 Å². The van der Waals surface area contributed by atoms with Crippen LogP contribution in [0, 0.1) is 15.9 Å². The van der Waals surface area contributed by atoms with Gasteiger partial charge in [-0.25, -0.2) is 0 Å². The van der Waals surface area contributed by atoms with E-state index in [0.717, 1.165) is 18.6 Å². The van der Waals surface area contributed by atoms with Crippen molar-refractivity contribution in [2.24, 2.45) is 0 Å². The Balaban J connectivity index is 2.32. The predicted molar refractivity (Wildman–Crippen MR) is 65.0 cm³/mol. The molecule has 5 nitrogen and oxygen atoms in total. The number of aliphatic hydroxyl groups excluding tert-OH is 1. The van der Waals surface area contributed by atoms with E-state index >= 15 is 0 Å². The molecule has 0 aromatic heterocycles. The molecule has 1 N–H and O–H groups in total. The molecular formula is C13H12FNO4. The fourth-order valence-electron chi connectivity index (χ4n) is 2.06. The van der Waals surface area contributed by atoms with Crippen LogP contribution in [0.15, 0.2) is 29.8 Å². The first-order valence-corrected chi connectivity index (χ1v) is 5.86. The largest absolute Gasteiger partial charge is 0.384 e. The molecule has 2 rings (SSSR count). The van der Waals surface area contributed by atoms with Crippen LogP contribution in [0.4, 0.5) is 10.1 Å². The Morgan fingerprint density at radius 1 is 1.42 bits per heavy atom. The van der Waals surface area contributed by atoms with E-state index in [1.54, 1.807) is 6.08 Å². The highest BCUT2D eigenvalue weighted by Gasteiger charge is 2.24. The summed E-state index contributed by atoms with van der Waals surface area (Å²) < 4.78 is 13.5. The van der Waals surface area contributed by atoms with E-state index in [4.69, 9.17) is 0 Å². The lowest BCUT2D eigenvalue weighted by atomic mass is 9.90. The van der Waals surface area contributed by atoms with Gasteiger partial charge < -0.3 is 5.11 Å². The Hall–Kier alpha value is -2.08. The molecule has 0 heterocycles. The van der Waals surface area contributed by atoms with Crippen LogP contribution in [0.25, 0.3) is 0 Å². The molecule has 100 valence electrons. The van der Waals surface area contributed by atoms with E-state index in [1.807, 2.05) is 0 Å². The van der Waals surface area contributed by atoms with E-state index < -0.39 is 22.5 Å². The lowest BCUT2D eigenvalue weighted by Crippen LogP contribution is -2.14. The fraction of sp³-hybridized carbons (Fsp3) is 0.308. The van der Waals surface area contributed by atoms with Gasteiger partial charge in [0, 0.05) is 18.1 Å². The van der Waals surface area contributed by atoms with Crippen LogP contribution >= 0.6 is 0 Å². The summed E-state index contributed by atoms with van der Waals surface area (Å²) in [6.45, 7) is 0. The van der Waals surface area contributed by atoms with Crippen molar-refractivity contribution >= 4 is 11.5 Å². The average Bonchev–Trinajstić information content (AvgIpc) is 2.38. The summed E-state index contributed by atoms with van der Waals surface area (Å²) in [6.07, 6.45) is 2.19. The molecule has 0 fully saturated rings. The van der Waals surface area contributed by atoms with Crippen LogP contribution in [0.5, 0.6) is 0 Å². The lowest BCUT2D eigenvalue weighted by molar-refractivity contribution is -0.387. The summed E-state index contributed by atoms with van der Waals surface area (Å²) in [4.78, 5) is 21.3. The molecule has 6 heteroatoms. The van der Waals surface area contributed by atoms with Crippen LogP contribution in [-0.4, -0.2) is 15.8 Å². The van der Waals surface area contributed by atoms with Gasteiger partial charge in [0.1, 0.15) is 6.10 Å². The van der Waals surface area contributed by atoms with Gasteiger partial charge in [0.2, 0.25) is 5.82 Å². The molecule has 19 heavy (non-hydrogen) atoms. The average molecular weight is 265 g/mol. The Bertz CT molecular complexity index is 568. The molecule has 1 aromatic carbocycles. The minimum absolute atomic E-state index is 0.143. The predicted octanol–water partition coefficient (Wildman–Crippen LogP) is 2.45. The van der Waals surface area contributed by atoms with E-state index in [-0.39, 0.29) is 16.9 Å². The van der Waals surface area contributed by atoms with Crippen molar-refractivity contribution in [3.05, 3.63) is 51.3 Å². The Morgan fingerprint density at radius 2 is 2.16 bits per heavy atom. The maximum atomic E-state index is 13.5. The van der Waals surface area contributed by atoms with Crippen molar-refractivity contribution in [1.29, 1.82) is 0 Å². The van der Waals surface area contributed by atoms with Gasteiger partial charge >= 0.3 is 5.69 Å². The third-order valence-electron chi connectivity index (χ3n) is 3.07. The van der Waals surface area contributed by atoms with Gasteiger partial charge in [-0.05, 0) is 30.5 Å². The van der Waals surface area contributed by atoms with Gasteiger partial charge in [-0.1, -0.05) is 6.08 Å². The molecule has 0 saturated heterocycles. The lowest BCUT2D eigenvalue weighted by Gasteiger charge is -2.17. The molecule has 1 atom stereocenters. The number of halogens is 1. The summed E-state index contributed by atoms with van der Waals surface area (Å²) in [6, 6.07) is 3.14. The van der Waals surface area contributed by atoms with Crippen molar-refractivity contribution in [2.45, 2.75) is 25.4 Å². The highest BCUT2D eigenvalue weighted by molar-refractivity contribution is 5.97. The number of allylic oxidation sites excluding steroid dienone is 1. The molecule has 1 aliphatic rings. The van der Waals surface area contributed by atoms with Crippen molar-refractivity contribution in [1.82, 2.24) is 0 Å². The smallest absolute Gasteiger partial charge is 0.304 e. The molecule has 0 radical (unpaired) electrons. The molecule has 0 amide bonds. The Morgan fingerprint density at radius 3 is 2.74 bits per heavy atom. The number of nitrogens with zero attached hydrogens (tertiary/aromatic N) is 1. The molecule has 0 saturated carbocycles. The second-order valence-electron chi connectivity index (χ2n) is 4.35. The third-order valence-corrected chi connectivity index (χ3v) is 3.07. The number of ketones is 1. The van der Waals surface area contributed by atoms with Gasteiger partial charge in [0.15, 0.2) is 5.78 Å². The number of Topliss-reactive ketones (excluding diaryl/α,β-unsaturated/α-hetero) is 1. The van der Waals surface area contributed by atoms with Crippen LogP contribution < -0.4 is 0 Å². The third kappa shape index (κ3) is 2.68. The topological polar surface area (TPSA) is 80.4 Å². The second kappa shape index (κ2) is 5.27. The number of rotatable bonds is 3. The number of nitro benzene ring substituents is 1. The van der Waals surface area contributed by atoms with Gasteiger partial charge in [-0.2, -0.15) is 4.39 Å². The molecule has 0 bridgehead atoms. The zero-order valence-corrected chi connectivity index (χ0v) is 10.0. The molecule has 1 aromatic rings. The fourth-order valence-corrected chi connectivity index (χ4v) is 2.06. The van der Waals surface area contributed by atoms with Crippen LogP contribution in [0.1, 0.15) is 30.9 Å². The first-order valence-electron chi connectivity index (χ1n) is 5.86. The number of carbonyl (C=O) groups excluding carboxylic acids is 1. The first-order chi connectivity index (χ1) is 9.00. The zero-order chi connectivity index (χ0) is 14.0. The molecule has 1 unspecified atom stereocenters. The van der Waals surface area contributed by atoms with Crippen molar-refractivity contribution < 1.29 is 19.2 Å². The summed E-state index contributed by atoms with van der Waals surface area (Å²) in [5.41, 5.74) is -0.274. The van der Waals surface area contributed by atoms with Crippen molar-refractivity contribution in [3.63, 3.8) is 0 Å². The van der Waals surface area contributed by atoms with Crippen molar-refractivity contribution in [2.75, 3.05) is 0 Å². The maximum Gasteiger partial charge on any atom is 0.304 e. The normalized spacial score (nSPS) is 16.9. The van der Waals surface area contributed by atoms with Crippen LogP contribution in [0.3, 0.4) is 0 Å². The van der Waals surface area contributed by atoms with E-state index in [1.165, 1.54) is 6.07 Å². The van der Waals surface area contributed by atoms with E-state index in [0.29, 0.717) is 12.8 Å². The number of carbonyl (C=O) groups is 1. The number of hydrogen-bond acceptors (Lipinski definition) is 4. The SMILES string of the molecule is O=C1CCCC=C1C(O)c1ccc([N+](=O)[O-])c(F)c1. The summed E-state index contributed by atoms with van der Waals surface area (Å²) in [5, 5.41) is 20.5. The summed E-state index contributed by atoms with van der Waals surface area (Å²) in [7, 11) is 0. The van der Waals surface area contributed by atoms with Gasteiger partial charge in [0.25, 0.3) is 0 Å².